The Balaban J connectivity index is 1.66. The summed E-state index contributed by atoms with van der Waals surface area (Å²) in [5.41, 5.74) is 2.85. The number of fused-ring (bicyclic) bond motifs is 2. The molecule has 0 saturated heterocycles. The lowest BCUT2D eigenvalue weighted by Gasteiger charge is -2.12. The van der Waals surface area contributed by atoms with Crippen LogP contribution in [0.4, 0.5) is 11.5 Å². The minimum Gasteiger partial charge on any atom is -0.507 e. The van der Waals surface area contributed by atoms with Gasteiger partial charge in [0.2, 0.25) is 0 Å². The van der Waals surface area contributed by atoms with Gasteiger partial charge in [0.15, 0.2) is 11.5 Å². The largest absolute Gasteiger partial charge is 0.507 e. The van der Waals surface area contributed by atoms with Crippen molar-refractivity contribution in [3.8, 4) is 28.4 Å². The van der Waals surface area contributed by atoms with Crippen LogP contribution in [0, 0.1) is 0 Å². The number of rotatable bonds is 5. The van der Waals surface area contributed by atoms with Crippen molar-refractivity contribution in [3.05, 3.63) is 66.3 Å². The summed E-state index contributed by atoms with van der Waals surface area (Å²) in [6, 6.07) is 17.1. The molecule has 5 aromatic rings. The second-order valence-corrected chi connectivity index (χ2v) is 7.78. The number of ether oxygens (including phenoxy) is 2. The van der Waals surface area contributed by atoms with E-state index >= 15 is 0 Å². The van der Waals surface area contributed by atoms with E-state index in [0.717, 1.165) is 37.8 Å². The summed E-state index contributed by atoms with van der Waals surface area (Å²) in [6.07, 6.45) is 1.56. The summed E-state index contributed by atoms with van der Waals surface area (Å²) in [5, 5.41) is 18.4. The minimum absolute atomic E-state index is 0.246. The molecule has 0 bridgehead atoms. The first kappa shape index (κ1) is 19.1. The number of phenolic OH excluding ortho intramolecular Hbond substituents is 1. The van der Waals surface area contributed by atoms with Crippen molar-refractivity contribution in [1.82, 2.24) is 9.97 Å². The second kappa shape index (κ2) is 7.77. The third-order valence-corrected chi connectivity index (χ3v) is 6.10. The number of hydrogen-bond acceptors (Lipinski definition) is 7. The lowest BCUT2D eigenvalue weighted by Crippen LogP contribution is -1.96. The van der Waals surface area contributed by atoms with E-state index in [1.807, 2.05) is 48.5 Å². The summed E-state index contributed by atoms with van der Waals surface area (Å²) >= 11 is 1.56. The smallest absolute Gasteiger partial charge is 0.161 e. The van der Waals surface area contributed by atoms with E-state index in [1.165, 1.54) is 0 Å². The van der Waals surface area contributed by atoms with Crippen molar-refractivity contribution in [1.29, 1.82) is 0 Å². The Labute approximate surface area is 182 Å². The van der Waals surface area contributed by atoms with E-state index in [9.17, 15) is 5.11 Å². The molecule has 6 nitrogen and oxygen atoms in total. The van der Waals surface area contributed by atoms with Crippen LogP contribution in [-0.4, -0.2) is 29.3 Å². The van der Waals surface area contributed by atoms with Gasteiger partial charge in [-0.25, -0.2) is 9.97 Å². The molecule has 5 rings (SSSR count). The van der Waals surface area contributed by atoms with Crippen molar-refractivity contribution in [2.24, 2.45) is 0 Å². The quantitative estimate of drug-likeness (QED) is 0.358. The zero-order chi connectivity index (χ0) is 21.4. The first-order valence-electron chi connectivity index (χ1n) is 9.62. The molecule has 0 aliphatic heterocycles. The van der Waals surface area contributed by atoms with E-state index in [4.69, 9.17) is 9.47 Å². The lowest BCUT2D eigenvalue weighted by molar-refractivity contribution is 0.355. The molecular weight excluding hydrogens is 410 g/mol. The van der Waals surface area contributed by atoms with Crippen LogP contribution in [0.25, 0.3) is 32.1 Å². The number of anilines is 2. The van der Waals surface area contributed by atoms with Gasteiger partial charge in [-0.15, -0.1) is 11.3 Å². The monoisotopic (exact) mass is 429 g/mol. The van der Waals surface area contributed by atoms with Gasteiger partial charge in [-0.3, -0.25) is 0 Å². The van der Waals surface area contributed by atoms with Crippen LogP contribution < -0.4 is 14.8 Å². The van der Waals surface area contributed by atoms with Crippen LogP contribution in [0.1, 0.15) is 0 Å². The molecule has 2 N–H and O–H groups in total. The topological polar surface area (TPSA) is 76.5 Å². The third kappa shape index (κ3) is 3.29. The molecule has 2 heterocycles. The highest BCUT2D eigenvalue weighted by molar-refractivity contribution is 7.17. The van der Waals surface area contributed by atoms with Crippen LogP contribution in [0.15, 0.2) is 66.3 Å². The Kier molecular flexibility index (Phi) is 4.80. The molecule has 0 fully saturated rings. The van der Waals surface area contributed by atoms with Crippen LogP contribution in [-0.2, 0) is 0 Å². The molecule has 3 aromatic carbocycles. The highest BCUT2D eigenvalue weighted by Gasteiger charge is 2.16. The van der Waals surface area contributed by atoms with Crippen molar-refractivity contribution in [2.45, 2.75) is 0 Å². The van der Waals surface area contributed by atoms with Gasteiger partial charge in [0, 0.05) is 27.4 Å². The number of hydrogen-bond donors (Lipinski definition) is 2. The van der Waals surface area contributed by atoms with Gasteiger partial charge in [0.05, 0.1) is 19.6 Å². The Morgan fingerprint density at radius 3 is 2.55 bits per heavy atom. The maximum Gasteiger partial charge on any atom is 0.161 e. The first-order valence-corrected chi connectivity index (χ1v) is 10.5. The maximum absolute atomic E-state index is 10.2. The molecule has 0 spiro atoms. The van der Waals surface area contributed by atoms with Crippen molar-refractivity contribution >= 4 is 43.8 Å². The number of benzene rings is 3. The minimum atomic E-state index is 0.246. The molecule has 2 aromatic heterocycles. The summed E-state index contributed by atoms with van der Waals surface area (Å²) in [6.45, 7) is 0. The zero-order valence-corrected chi connectivity index (χ0v) is 17.7. The summed E-state index contributed by atoms with van der Waals surface area (Å²) in [5.74, 6) is 2.29. The predicted octanol–water partition coefficient (Wildman–Crippen LogP) is 5.98. The van der Waals surface area contributed by atoms with Gasteiger partial charge in [0.25, 0.3) is 0 Å². The standard InChI is InChI=1S/C24H19N3O3S/c1-29-20-10-9-14(11-21(20)30-2)17-12-31-24-22(17)23(25-13-26-24)27-18-7-3-6-16-15(18)5-4-8-19(16)28/h3-13,28H,1-2H3,(H,25,26,27). The Morgan fingerprint density at radius 2 is 1.71 bits per heavy atom. The molecular formula is C24H19N3O3S. The molecule has 0 radical (unpaired) electrons. The third-order valence-electron chi connectivity index (χ3n) is 5.22. The number of methoxy groups -OCH3 is 2. The van der Waals surface area contributed by atoms with Crippen molar-refractivity contribution < 1.29 is 14.6 Å². The SMILES string of the molecule is COc1ccc(-c2csc3ncnc(Nc4cccc5c(O)cccc45)c23)cc1OC. The molecule has 0 unspecified atom stereocenters. The summed E-state index contributed by atoms with van der Waals surface area (Å²) < 4.78 is 10.8. The fourth-order valence-electron chi connectivity index (χ4n) is 3.72. The number of nitrogens with zero attached hydrogens (tertiary/aromatic N) is 2. The lowest BCUT2D eigenvalue weighted by atomic mass is 10.0. The van der Waals surface area contributed by atoms with Crippen LogP contribution >= 0.6 is 11.3 Å². The zero-order valence-electron chi connectivity index (χ0n) is 16.9. The predicted molar refractivity (Wildman–Crippen MR) is 125 cm³/mol. The fourth-order valence-corrected chi connectivity index (χ4v) is 4.63. The van der Waals surface area contributed by atoms with Gasteiger partial charge >= 0.3 is 0 Å². The summed E-state index contributed by atoms with van der Waals surface area (Å²) in [7, 11) is 3.24. The number of nitrogens with one attached hydrogen (secondary N) is 1. The number of thiophene rings is 1. The molecule has 7 heteroatoms. The van der Waals surface area contributed by atoms with E-state index in [2.05, 4.69) is 20.7 Å². The molecule has 0 aliphatic rings. The number of aromatic hydroxyl groups is 1. The Bertz CT molecular complexity index is 1410. The van der Waals surface area contributed by atoms with E-state index in [1.54, 1.807) is 38.0 Å². The summed E-state index contributed by atoms with van der Waals surface area (Å²) in [4.78, 5) is 9.87. The van der Waals surface area contributed by atoms with Crippen LogP contribution in [0.2, 0.25) is 0 Å². The molecule has 0 saturated carbocycles. The fraction of sp³-hybridized carbons (Fsp3) is 0.0833. The van der Waals surface area contributed by atoms with E-state index in [-0.39, 0.29) is 5.75 Å². The second-order valence-electron chi connectivity index (χ2n) is 6.92. The average molecular weight is 430 g/mol. The highest BCUT2D eigenvalue weighted by Crippen LogP contribution is 2.41. The average Bonchev–Trinajstić information content (AvgIpc) is 3.24. The maximum atomic E-state index is 10.2. The van der Waals surface area contributed by atoms with Crippen molar-refractivity contribution in [3.63, 3.8) is 0 Å². The Hall–Kier alpha value is -3.84. The van der Waals surface area contributed by atoms with Gasteiger partial charge in [-0.05, 0) is 29.8 Å². The Morgan fingerprint density at radius 1 is 0.903 bits per heavy atom. The number of phenols is 1. The highest BCUT2D eigenvalue weighted by atomic mass is 32.1. The number of aromatic nitrogens is 2. The molecule has 154 valence electrons. The van der Waals surface area contributed by atoms with Crippen LogP contribution in [0.5, 0.6) is 17.2 Å². The normalized spacial score (nSPS) is 11.0. The van der Waals surface area contributed by atoms with Crippen molar-refractivity contribution in [2.75, 3.05) is 19.5 Å². The van der Waals surface area contributed by atoms with Gasteiger partial charge in [0.1, 0.15) is 22.7 Å². The molecule has 0 amide bonds. The van der Waals surface area contributed by atoms with Crippen LogP contribution in [0.3, 0.4) is 0 Å². The van der Waals surface area contributed by atoms with Gasteiger partial charge < -0.3 is 19.9 Å². The first-order chi connectivity index (χ1) is 15.2. The molecule has 0 atom stereocenters. The molecule has 31 heavy (non-hydrogen) atoms. The van der Waals surface area contributed by atoms with Gasteiger partial charge in [-0.2, -0.15) is 0 Å². The van der Waals surface area contributed by atoms with E-state index < -0.39 is 0 Å². The van der Waals surface area contributed by atoms with E-state index in [0.29, 0.717) is 17.3 Å². The van der Waals surface area contributed by atoms with Gasteiger partial charge in [-0.1, -0.05) is 30.3 Å². The molecule has 0 aliphatic carbocycles.